The van der Waals surface area contributed by atoms with E-state index in [1.807, 2.05) is 18.7 Å². The minimum atomic E-state index is 0.533. The first-order valence-electron chi connectivity index (χ1n) is 6.09. The minimum absolute atomic E-state index is 0.533. The molecule has 0 aliphatic rings. The minimum Gasteiger partial charge on any atom is -0.370 e. The first-order chi connectivity index (χ1) is 8.06. The number of nitrogens with two attached hydrogens (primary N) is 1. The molecule has 96 valence electrons. The highest BCUT2D eigenvalue weighted by molar-refractivity contribution is 5.77. The number of aromatic nitrogens is 2. The molecule has 0 unspecified atom stereocenters. The lowest BCUT2D eigenvalue weighted by Gasteiger charge is -2.06. The fourth-order valence-electron chi connectivity index (χ4n) is 1.78. The van der Waals surface area contributed by atoms with Gasteiger partial charge in [0.15, 0.2) is 5.96 Å². The van der Waals surface area contributed by atoms with Crippen molar-refractivity contribution in [2.24, 2.45) is 17.8 Å². The molecule has 1 rings (SSSR count). The predicted molar refractivity (Wildman–Crippen MR) is 71.2 cm³/mol. The third-order valence-electron chi connectivity index (χ3n) is 2.85. The summed E-state index contributed by atoms with van der Waals surface area (Å²) in [5.74, 6) is 0.533. The predicted octanol–water partition coefficient (Wildman–Crippen LogP) is 0.894. The molecule has 0 saturated heterocycles. The number of hydrogen-bond donors (Lipinski definition) is 2. The van der Waals surface area contributed by atoms with Crippen LogP contribution in [-0.2, 0) is 13.5 Å². The van der Waals surface area contributed by atoms with E-state index in [2.05, 4.69) is 29.3 Å². The van der Waals surface area contributed by atoms with Gasteiger partial charge in [-0.25, -0.2) is 0 Å². The monoisotopic (exact) mass is 237 g/mol. The molecule has 1 heterocycles. The number of hydrogen-bond acceptors (Lipinski definition) is 2. The van der Waals surface area contributed by atoms with Crippen LogP contribution in [0.1, 0.15) is 30.3 Å². The van der Waals surface area contributed by atoms with Gasteiger partial charge in [0.1, 0.15) is 0 Å². The van der Waals surface area contributed by atoms with Gasteiger partial charge in [-0.15, -0.1) is 0 Å². The summed E-state index contributed by atoms with van der Waals surface area (Å²) in [5, 5.41) is 7.51. The molecule has 0 bridgehead atoms. The van der Waals surface area contributed by atoms with Crippen molar-refractivity contribution in [1.82, 2.24) is 15.1 Å². The maximum atomic E-state index is 5.72. The summed E-state index contributed by atoms with van der Waals surface area (Å²) >= 11 is 0. The van der Waals surface area contributed by atoms with Crippen LogP contribution in [0.25, 0.3) is 0 Å². The van der Waals surface area contributed by atoms with Gasteiger partial charge in [-0.05, 0) is 32.3 Å². The van der Waals surface area contributed by atoms with Crippen molar-refractivity contribution in [1.29, 1.82) is 0 Å². The molecule has 0 fully saturated rings. The first kappa shape index (κ1) is 13.5. The summed E-state index contributed by atoms with van der Waals surface area (Å²) < 4.78 is 1.92. The molecule has 0 radical (unpaired) electrons. The van der Waals surface area contributed by atoms with Gasteiger partial charge >= 0.3 is 0 Å². The average Bonchev–Trinajstić information content (AvgIpc) is 2.53. The van der Waals surface area contributed by atoms with E-state index in [1.165, 1.54) is 11.3 Å². The van der Waals surface area contributed by atoms with E-state index in [0.29, 0.717) is 5.96 Å². The van der Waals surface area contributed by atoms with Crippen molar-refractivity contribution < 1.29 is 0 Å². The van der Waals surface area contributed by atoms with E-state index in [4.69, 9.17) is 5.73 Å². The lowest BCUT2D eigenvalue weighted by molar-refractivity contribution is 0.729. The van der Waals surface area contributed by atoms with Crippen LogP contribution < -0.4 is 11.1 Å². The number of aliphatic imine (C=N–C) groups is 1. The maximum absolute atomic E-state index is 5.72. The standard InChI is InChI=1S/C12H23N5/c1-5-7-14-12(13)15-8-6-11-9(2)16-17(4)10(11)3/h5-8H2,1-4H3,(H3,13,14,15). The van der Waals surface area contributed by atoms with Gasteiger partial charge < -0.3 is 11.1 Å². The Morgan fingerprint density at radius 1 is 1.47 bits per heavy atom. The van der Waals surface area contributed by atoms with Crippen LogP contribution in [0.5, 0.6) is 0 Å². The lowest BCUT2D eigenvalue weighted by atomic mass is 10.1. The fourth-order valence-corrected chi connectivity index (χ4v) is 1.78. The molecular formula is C12H23N5. The van der Waals surface area contributed by atoms with Crippen LogP contribution in [0, 0.1) is 13.8 Å². The Morgan fingerprint density at radius 2 is 2.18 bits per heavy atom. The van der Waals surface area contributed by atoms with Gasteiger partial charge in [0.25, 0.3) is 0 Å². The zero-order chi connectivity index (χ0) is 12.8. The van der Waals surface area contributed by atoms with E-state index in [0.717, 1.165) is 31.6 Å². The SMILES string of the molecule is CCCN=C(N)NCCc1c(C)nn(C)c1C. The van der Waals surface area contributed by atoms with Gasteiger partial charge in [-0.2, -0.15) is 5.10 Å². The Bertz CT molecular complexity index is 392. The summed E-state index contributed by atoms with van der Waals surface area (Å²) in [6.45, 7) is 7.79. The summed E-state index contributed by atoms with van der Waals surface area (Å²) in [6.07, 6.45) is 1.94. The van der Waals surface area contributed by atoms with Gasteiger partial charge in [0.05, 0.1) is 5.69 Å². The number of nitrogens with one attached hydrogen (secondary N) is 1. The second kappa shape index (κ2) is 6.27. The Morgan fingerprint density at radius 3 is 2.71 bits per heavy atom. The zero-order valence-electron chi connectivity index (χ0n) is 11.2. The van der Waals surface area contributed by atoms with Crippen molar-refractivity contribution in [2.75, 3.05) is 13.1 Å². The molecule has 0 amide bonds. The summed E-state index contributed by atoms with van der Waals surface area (Å²) in [5.41, 5.74) is 9.33. The third kappa shape index (κ3) is 3.76. The summed E-state index contributed by atoms with van der Waals surface area (Å²) in [6, 6.07) is 0. The lowest BCUT2D eigenvalue weighted by Crippen LogP contribution is -2.33. The van der Waals surface area contributed by atoms with Crippen molar-refractivity contribution in [3.8, 4) is 0 Å². The molecular weight excluding hydrogens is 214 g/mol. The smallest absolute Gasteiger partial charge is 0.188 e. The highest BCUT2D eigenvalue weighted by Crippen LogP contribution is 2.11. The van der Waals surface area contributed by atoms with E-state index >= 15 is 0 Å². The molecule has 3 N–H and O–H groups in total. The molecule has 0 atom stereocenters. The normalized spacial score (nSPS) is 11.9. The number of nitrogens with zero attached hydrogens (tertiary/aromatic N) is 3. The van der Waals surface area contributed by atoms with Crippen LogP contribution >= 0.6 is 0 Å². The van der Waals surface area contributed by atoms with Crippen molar-refractivity contribution >= 4 is 5.96 Å². The van der Waals surface area contributed by atoms with Crippen LogP contribution in [-0.4, -0.2) is 28.8 Å². The van der Waals surface area contributed by atoms with E-state index in [9.17, 15) is 0 Å². The Hall–Kier alpha value is -1.52. The van der Waals surface area contributed by atoms with Crippen molar-refractivity contribution in [3.63, 3.8) is 0 Å². The van der Waals surface area contributed by atoms with Crippen molar-refractivity contribution in [3.05, 3.63) is 17.0 Å². The maximum Gasteiger partial charge on any atom is 0.188 e. The van der Waals surface area contributed by atoms with Gasteiger partial charge in [0.2, 0.25) is 0 Å². The van der Waals surface area contributed by atoms with E-state index in [-0.39, 0.29) is 0 Å². The third-order valence-corrected chi connectivity index (χ3v) is 2.85. The topological polar surface area (TPSA) is 68.2 Å². The molecule has 1 aromatic rings. The molecule has 0 aliphatic carbocycles. The van der Waals surface area contributed by atoms with E-state index < -0.39 is 0 Å². The molecule has 5 nitrogen and oxygen atoms in total. The highest BCUT2D eigenvalue weighted by atomic mass is 15.3. The molecule has 0 aromatic carbocycles. The van der Waals surface area contributed by atoms with Crippen LogP contribution in [0.15, 0.2) is 4.99 Å². The Labute approximate surface area is 103 Å². The number of rotatable bonds is 5. The van der Waals surface area contributed by atoms with Gasteiger partial charge in [-0.3, -0.25) is 9.67 Å². The highest BCUT2D eigenvalue weighted by Gasteiger charge is 2.08. The molecule has 0 saturated carbocycles. The second-order valence-electron chi connectivity index (χ2n) is 4.22. The van der Waals surface area contributed by atoms with Crippen LogP contribution in [0.4, 0.5) is 0 Å². The van der Waals surface area contributed by atoms with Crippen molar-refractivity contribution in [2.45, 2.75) is 33.6 Å². The first-order valence-corrected chi connectivity index (χ1v) is 6.09. The molecule has 17 heavy (non-hydrogen) atoms. The molecule has 0 spiro atoms. The Balaban J connectivity index is 2.46. The van der Waals surface area contributed by atoms with E-state index in [1.54, 1.807) is 0 Å². The summed E-state index contributed by atoms with van der Waals surface area (Å²) in [7, 11) is 1.97. The number of guanidine groups is 1. The summed E-state index contributed by atoms with van der Waals surface area (Å²) in [4.78, 5) is 4.19. The molecule has 5 heteroatoms. The van der Waals surface area contributed by atoms with Crippen LogP contribution in [0.3, 0.4) is 0 Å². The Kier molecular flexibility index (Phi) is 5.00. The fraction of sp³-hybridized carbons (Fsp3) is 0.667. The number of aryl methyl sites for hydroxylation is 2. The van der Waals surface area contributed by atoms with Gasteiger partial charge in [0, 0.05) is 25.8 Å². The molecule has 0 aliphatic heterocycles. The second-order valence-corrected chi connectivity index (χ2v) is 4.22. The van der Waals surface area contributed by atoms with Crippen LogP contribution in [0.2, 0.25) is 0 Å². The molecule has 1 aromatic heterocycles. The quantitative estimate of drug-likeness (QED) is 0.590. The average molecular weight is 237 g/mol. The largest absolute Gasteiger partial charge is 0.370 e. The zero-order valence-corrected chi connectivity index (χ0v) is 11.2. The van der Waals surface area contributed by atoms with Gasteiger partial charge in [-0.1, -0.05) is 6.92 Å².